The van der Waals surface area contributed by atoms with Gasteiger partial charge in [0, 0.05) is 4.47 Å². The molecule has 0 saturated carbocycles. The summed E-state index contributed by atoms with van der Waals surface area (Å²) in [6.07, 6.45) is -1.25. The number of amides is 2. The first kappa shape index (κ1) is 17.0. The van der Waals surface area contributed by atoms with Gasteiger partial charge in [-0.1, -0.05) is 23.2 Å². The number of benzene rings is 1. The lowest BCUT2D eigenvalue weighted by atomic mass is 10.2. The van der Waals surface area contributed by atoms with Crippen LogP contribution in [0.25, 0.3) is 0 Å². The maximum absolute atomic E-state index is 11.7. The number of hydrogen-bond acceptors (Lipinski definition) is 3. The number of anilines is 1. The van der Waals surface area contributed by atoms with Gasteiger partial charge in [-0.15, -0.1) is 0 Å². The summed E-state index contributed by atoms with van der Waals surface area (Å²) in [5.74, 6) is -1.35. The molecule has 0 radical (unpaired) electrons. The second-order valence-corrected chi connectivity index (χ2v) is 5.49. The highest BCUT2D eigenvalue weighted by Crippen LogP contribution is 2.35. The van der Waals surface area contributed by atoms with Crippen LogP contribution in [0, 0.1) is 0 Å². The van der Waals surface area contributed by atoms with Crippen molar-refractivity contribution in [3.8, 4) is 0 Å². The SMILES string of the molecule is CC(O)C(NC(=O)Nc1ccc(Br)c(Cl)c1Cl)C(=O)O. The Morgan fingerprint density at radius 3 is 2.40 bits per heavy atom. The molecule has 110 valence electrons. The Morgan fingerprint density at radius 2 is 1.90 bits per heavy atom. The predicted molar refractivity (Wildman–Crippen MR) is 79.4 cm³/mol. The zero-order valence-electron chi connectivity index (χ0n) is 10.2. The standard InChI is InChI=1S/C11H11BrCl2N2O4/c1-4(17)9(10(18)19)16-11(20)15-6-3-2-5(12)7(13)8(6)14/h2-4,9,17H,1H3,(H,18,19)(H2,15,16,20). The summed E-state index contributed by atoms with van der Waals surface area (Å²) in [6, 6.07) is 0.821. The first-order valence-electron chi connectivity index (χ1n) is 5.36. The molecule has 1 aromatic rings. The number of carboxylic acids is 1. The fourth-order valence-electron chi connectivity index (χ4n) is 1.31. The van der Waals surface area contributed by atoms with Crippen molar-refractivity contribution in [1.82, 2.24) is 5.32 Å². The van der Waals surface area contributed by atoms with E-state index in [4.69, 9.17) is 28.3 Å². The summed E-state index contributed by atoms with van der Waals surface area (Å²) in [4.78, 5) is 22.5. The highest BCUT2D eigenvalue weighted by Gasteiger charge is 2.25. The fraction of sp³-hybridized carbons (Fsp3) is 0.273. The number of aliphatic hydroxyl groups is 1. The lowest BCUT2D eigenvalue weighted by Crippen LogP contribution is -2.49. The molecule has 2 atom stereocenters. The molecule has 0 fully saturated rings. The molecular formula is C11H11BrCl2N2O4. The minimum Gasteiger partial charge on any atom is -0.480 e. The van der Waals surface area contributed by atoms with Gasteiger partial charge in [-0.3, -0.25) is 0 Å². The van der Waals surface area contributed by atoms with Crippen LogP contribution in [0.3, 0.4) is 0 Å². The summed E-state index contributed by atoms with van der Waals surface area (Å²) in [6.45, 7) is 1.25. The van der Waals surface area contributed by atoms with Crippen LogP contribution in [0.5, 0.6) is 0 Å². The lowest BCUT2D eigenvalue weighted by Gasteiger charge is -2.18. The number of carbonyl (C=O) groups excluding carboxylic acids is 1. The fourth-order valence-corrected chi connectivity index (χ4v) is 2.13. The van der Waals surface area contributed by atoms with E-state index in [2.05, 4.69) is 26.6 Å². The molecule has 0 aliphatic rings. The van der Waals surface area contributed by atoms with E-state index in [-0.39, 0.29) is 15.7 Å². The van der Waals surface area contributed by atoms with Crippen LogP contribution in [0.15, 0.2) is 16.6 Å². The van der Waals surface area contributed by atoms with Gasteiger partial charge in [-0.2, -0.15) is 0 Å². The van der Waals surface area contributed by atoms with E-state index >= 15 is 0 Å². The molecule has 4 N–H and O–H groups in total. The summed E-state index contributed by atoms with van der Waals surface area (Å²) in [5, 5.41) is 22.9. The van der Waals surface area contributed by atoms with Gasteiger partial charge in [0.2, 0.25) is 0 Å². The molecule has 2 unspecified atom stereocenters. The van der Waals surface area contributed by atoms with Crippen molar-refractivity contribution < 1.29 is 19.8 Å². The minimum atomic E-state index is -1.43. The molecule has 2 amide bonds. The second-order valence-electron chi connectivity index (χ2n) is 3.88. The zero-order valence-corrected chi connectivity index (χ0v) is 13.3. The van der Waals surface area contributed by atoms with Crippen molar-refractivity contribution in [1.29, 1.82) is 0 Å². The molecule has 6 nitrogen and oxygen atoms in total. The Labute approximate surface area is 133 Å². The number of hydrogen-bond donors (Lipinski definition) is 4. The van der Waals surface area contributed by atoms with E-state index in [1.54, 1.807) is 6.07 Å². The number of halogens is 3. The molecule has 0 aromatic heterocycles. The summed E-state index contributed by atoms with van der Waals surface area (Å²) in [5.41, 5.74) is 0.215. The van der Waals surface area contributed by atoms with Crippen molar-refractivity contribution in [3.05, 3.63) is 26.7 Å². The van der Waals surface area contributed by atoms with Gasteiger partial charge in [0.05, 0.1) is 21.8 Å². The quantitative estimate of drug-likeness (QED) is 0.599. The molecule has 0 aliphatic carbocycles. The van der Waals surface area contributed by atoms with Gasteiger partial charge in [-0.25, -0.2) is 9.59 Å². The number of aliphatic carboxylic acids is 1. The van der Waals surface area contributed by atoms with Crippen LogP contribution < -0.4 is 10.6 Å². The monoisotopic (exact) mass is 384 g/mol. The molecule has 1 rings (SSSR count). The Bertz CT molecular complexity index is 539. The van der Waals surface area contributed by atoms with Crippen LogP contribution in [-0.4, -0.2) is 34.4 Å². The van der Waals surface area contributed by atoms with Crippen molar-refractivity contribution in [2.45, 2.75) is 19.1 Å². The first-order chi connectivity index (χ1) is 9.23. The molecule has 0 saturated heterocycles. The Kier molecular flexibility index (Phi) is 6.07. The molecule has 1 aromatic carbocycles. The topological polar surface area (TPSA) is 98.7 Å². The number of nitrogens with one attached hydrogen (secondary N) is 2. The first-order valence-corrected chi connectivity index (χ1v) is 6.90. The van der Waals surface area contributed by atoms with Gasteiger partial charge in [0.15, 0.2) is 6.04 Å². The normalized spacial score (nSPS) is 13.4. The van der Waals surface area contributed by atoms with E-state index in [0.717, 1.165) is 0 Å². The number of aliphatic hydroxyl groups excluding tert-OH is 1. The third kappa shape index (κ3) is 4.24. The molecule has 9 heteroatoms. The van der Waals surface area contributed by atoms with E-state index in [9.17, 15) is 14.7 Å². The number of carbonyl (C=O) groups is 2. The van der Waals surface area contributed by atoms with Crippen LogP contribution in [0.1, 0.15) is 6.92 Å². The van der Waals surface area contributed by atoms with E-state index in [1.165, 1.54) is 13.0 Å². The van der Waals surface area contributed by atoms with Crippen molar-refractivity contribution in [2.75, 3.05) is 5.32 Å². The number of carboxylic acid groups (broad SMARTS) is 1. The highest BCUT2D eigenvalue weighted by molar-refractivity contribution is 9.10. The van der Waals surface area contributed by atoms with E-state index < -0.39 is 24.1 Å². The van der Waals surface area contributed by atoms with Gasteiger partial charge >= 0.3 is 12.0 Å². The predicted octanol–water partition coefficient (Wildman–Crippen LogP) is 2.71. The zero-order chi connectivity index (χ0) is 15.4. The largest absolute Gasteiger partial charge is 0.480 e. The van der Waals surface area contributed by atoms with E-state index in [1.807, 2.05) is 0 Å². The summed E-state index contributed by atoms with van der Waals surface area (Å²) < 4.78 is 0.558. The van der Waals surface area contributed by atoms with Gasteiger partial charge in [-0.05, 0) is 35.0 Å². The number of rotatable bonds is 4. The summed E-state index contributed by atoms with van der Waals surface area (Å²) >= 11 is 15.0. The van der Waals surface area contributed by atoms with Crippen LogP contribution in [-0.2, 0) is 4.79 Å². The van der Waals surface area contributed by atoms with Gasteiger partial charge in [0.1, 0.15) is 0 Å². The average Bonchev–Trinajstić information content (AvgIpc) is 2.36. The van der Waals surface area contributed by atoms with Crippen molar-refractivity contribution in [3.63, 3.8) is 0 Å². The van der Waals surface area contributed by atoms with E-state index in [0.29, 0.717) is 4.47 Å². The second kappa shape index (κ2) is 7.12. The van der Waals surface area contributed by atoms with Crippen LogP contribution in [0.2, 0.25) is 10.0 Å². The third-order valence-electron chi connectivity index (χ3n) is 2.32. The molecule has 0 bridgehead atoms. The molecule has 0 heterocycles. The maximum Gasteiger partial charge on any atom is 0.328 e. The third-order valence-corrected chi connectivity index (χ3v) is 4.09. The Hall–Kier alpha value is -1.02. The van der Waals surface area contributed by atoms with Crippen molar-refractivity contribution >= 4 is 56.8 Å². The molecular weight excluding hydrogens is 375 g/mol. The Morgan fingerprint density at radius 1 is 1.30 bits per heavy atom. The van der Waals surface area contributed by atoms with Crippen LogP contribution in [0.4, 0.5) is 10.5 Å². The summed E-state index contributed by atoms with van der Waals surface area (Å²) in [7, 11) is 0. The van der Waals surface area contributed by atoms with Crippen LogP contribution >= 0.6 is 39.1 Å². The number of urea groups is 1. The van der Waals surface area contributed by atoms with Crippen molar-refractivity contribution in [2.24, 2.45) is 0 Å². The van der Waals surface area contributed by atoms with Gasteiger partial charge in [0.25, 0.3) is 0 Å². The highest BCUT2D eigenvalue weighted by atomic mass is 79.9. The minimum absolute atomic E-state index is 0.111. The van der Waals surface area contributed by atoms with Gasteiger partial charge < -0.3 is 20.8 Å². The average molecular weight is 386 g/mol. The lowest BCUT2D eigenvalue weighted by molar-refractivity contribution is -0.141. The maximum atomic E-state index is 11.7. The molecule has 0 aliphatic heterocycles. The Balaban J connectivity index is 2.81. The smallest absolute Gasteiger partial charge is 0.328 e. The molecule has 20 heavy (non-hydrogen) atoms. The molecule has 0 spiro atoms.